The van der Waals surface area contributed by atoms with E-state index in [0.717, 1.165) is 91.6 Å². The number of hydrogen-bond acceptors (Lipinski definition) is 18. The van der Waals surface area contributed by atoms with Crippen molar-refractivity contribution in [3.8, 4) is 68.6 Å². The zero-order valence-electron chi connectivity index (χ0n) is 77.1. The molecule has 6 heterocycles. The maximum Gasteiger partial charge on any atom is 0.419 e. The third kappa shape index (κ3) is 31.7. The van der Waals surface area contributed by atoms with E-state index >= 15 is 0 Å². The molecular formula is C95H109Cl5F11N17O6. The van der Waals surface area contributed by atoms with E-state index in [9.17, 15) is 48.3 Å². The Kier molecular flexibility index (Phi) is 41.9. The second-order valence-corrected chi connectivity index (χ2v) is 34.1. The van der Waals surface area contributed by atoms with Crippen LogP contribution >= 0.6 is 58.0 Å². The quantitative estimate of drug-likeness (QED) is 0.0644. The van der Waals surface area contributed by atoms with E-state index in [-0.39, 0.29) is 30.9 Å². The van der Waals surface area contributed by atoms with Gasteiger partial charge in [-0.2, -0.15) is 93.5 Å². The van der Waals surface area contributed by atoms with Gasteiger partial charge in [0.15, 0.2) is 0 Å². The highest BCUT2D eigenvalue weighted by molar-refractivity contribution is 6.38. The second-order valence-electron chi connectivity index (χ2n) is 32.0. The molecule has 8 aromatic carbocycles. The molecule has 0 bridgehead atoms. The highest BCUT2D eigenvalue weighted by Gasteiger charge is 2.37. The van der Waals surface area contributed by atoms with Crippen LogP contribution in [0.4, 0.5) is 48.3 Å². The fourth-order valence-electron chi connectivity index (χ4n) is 12.4. The number of ether oxygens (including phenoxy) is 5. The standard InChI is InChI=1S/C13H16N2O.2C12H14ClN3O.2C12H12F3N3.C11H11Cl2N3.C11H15ClO2.C11H11F5O.CH4/c1-8(2)11-5-9(3)6-12(7-11)13-14-10(4)16-15-13;1-8(2)9-6-10(13)11(7-12(9)17-3)16-5-4-14-15-16;1-8(2)9-6-10(13)11(7-12(9)17-3)16-14-4-5-15-16;1-8(2)9-5-10(12(13,14)15)7-11(6-9)18-16-3-4-17-18;1-8(2)9-3-4-11(18-16-5-6-17-18)10(7-9)12(13,14)15;1-7(2)8-5-9(12)11(10(13)6-8)16-4-3-14-15-16;1-7(2)8-5-9(12)11(14-4)6-10(8)13-3;1-6(2)7-3-4-9(17-10(12)13)8(5-7)11(14,15)16;/h5-8H,1-4H3;2*4-8H,1-3H3;2*3-8H,1-2H3;3-7H,1-2H3;5-7H,1-4H3;3-6,10H,1-2H3;1H4. The third-order valence-electron chi connectivity index (χ3n) is 19.6. The summed E-state index contributed by atoms with van der Waals surface area (Å²) >= 11 is 30.9. The first-order chi connectivity index (χ1) is 62.5. The van der Waals surface area contributed by atoms with Crippen molar-refractivity contribution in [3.05, 3.63) is 281 Å². The molecule has 0 fully saturated rings. The van der Waals surface area contributed by atoms with Gasteiger partial charge in [-0.15, -0.1) is 15.0 Å². The lowest BCUT2D eigenvalue weighted by Gasteiger charge is -2.16. The predicted octanol–water partition coefficient (Wildman–Crippen LogP) is 28.6. The van der Waals surface area contributed by atoms with E-state index in [2.05, 4.69) is 160 Å². The summed E-state index contributed by atoms with van der Waals surface area (Å²) in [4.78, 5) is 7.89. The van der Waals surface area contributed by atoms with Crippen molar-refractivity contribution in [3.63, 3.8) is 0 Å². The van der Waals surface area contributed by atoms with Crippen LogP contribution in [0.3, 0.4) is 0 Å². The van der Waals surface area contributed by atoms with Gasteiger partial charge in [0, 0.05) is 30.7 Å². The molecule has 0 unspecified atom stereocenters. The van der Waals surface area contributed by atoms with Crippen molar-refractivity contribution >= 4 is 58.0 Å². The molecule has 0 aliphatic carbocycles. The number of aryl methyl sites for hydroxylation is 2. The van der Waals surface area contributed by atoms with Crippen LogP contribution in [0.25, 0.3) is 39.8 Å². The largest absolute Gasteiger partial charge is 0.496 e. The Morgan fingerprint density at radius 3 is 1.19 bits per heavy atom. The van der Waals surface area contributed by atoms with E-state index in [1.807, 2.05) is 76.2 Å². The van der Waals surface area contributed by atoms with Crippen molar-refractivity contribution in [2.75, 3.05) is 28.4 Å². The normalized spacial score (nSPS) is 11.3. The average molecular weight is 1970 g/mol. The molecule has 0 aliphatic rings. The maximum absolute atomic E-state index is 13.0. The summed E-state index contributed by atoms with van der Waals surface area (Å²) < 4.78 is 172. The summed E-state index contributed by atoms with van der Waals surface area (Å²) in [5.74, 6) is 5.39. The molecule has 134 heavy (non-hydrogen) atoms. The van der Waals surface area contributed by atoms with Gasteiger partial charge in [0.2, 0.25) is 11.7 Å². The Morgan fingerprint density at radius 1 is 0.358 bits per heavy atom. The van der Waals surface area contributed by atoms with Crippen LogP contribution in [-0.2, 0) is 18.5 Å². The molecule has 0 radical (unpaired) electrons. The predicted molar refractivity (Wildman–Crippen MR) is 501 cm³/mol. The fraction of sp³-hybridized carbons (Fsp3) is 0.368. The van der Waals surface area contributed by atoms with E-state index in [1.165, 1.54) is 57.6 Å². The van der Waals surface area contributed by atoms with Gasteiger partial charge in [-0.1, -0.05) is 216 Å². The monoisotopic (exact) mass is 1970 g/mol. The first-order valence-corrected chi connectivity index (χ1v) is 43.4. The molecule has 0 saturated carbocycles. The molecule has 0 aliphatic heterocycles. The van der Waals surface area contributed by atoms with Gasteiger partial charge in [0.25, 0.3) is 0 Å². The number of hydrogen-bond donors (Lipinski definition) is 0. The Morgan fingerprint density at radius 2 is 0.769 bits per heavy atom. The topological polar surface area (TPSA) is 239 Å². The molecule has 0 N–H and O–H groups in total. The Bertz CT molecular complexity index is 5840. The van der Waals surface area contributed by atoms with Gasteiger partial charge in [0.05, 0.1) is 149 Å². The molecule has 0 spiro atoms. The highest BCUT2D eigenvalue weighted by Crippen LogP contribution is 2.43. The van der Waals surface area contributed by atoms with Crippen LogP contribution < -0.4 is 23.7 Å². The summed E-state index contributed by atoms with van der Waals surface area (Å²) in [7, 11) is 6.54. The number of benzene rings is 8. The number of alkyl halides is 11. The van der Waals surface area contributed by atoms with E-state index < -0.39 is 47.6 Å². The van der Waals surface area contributed by atoms with Gasteiger partial charge >= 0.3 is 25.1 Å². The van der Waals surface area contributed by atoms with Gasteiger partial charge in [-0.25, -0.2) is 9.36 Å². The molecule has 0 saturated heterocycles. The number of halogens is 16. The lowest BCUT2D eigenvalue weighted by Crippen LogP contribution is -2.13. The summed E-state index contributed by atoms with van der Waals surface area (Å²) in [5, 5.41) is 45.6. The van der Waals surface area contributed by atoms with Gasteiger partial charge < -0.3 is 28.2 Å². The Labute approximate surface area is 797 Å². The van der Waals surface area contributed by atoms with Crippen molar-refractivity contribution < 1.29 is 76.5 Å². The maximum atomic E-state index is 13.0. The van der Waals surface area contributed by atoms with E-state index in [4.69, 9.17) is 81.5 Å². The molecule has 14 rings (SSSR count). The van der Waals surface area contributed by atoms with Crippen molar-refractivity contribution in [1.29, 1.82) is 0 Å². The van der Waals surface area contributed by atoms with Crippen LogP contribution in [0.2, 0.25) is 25.1 Å². The zero-order chi connectivity index (χ0) is 98.8. The second kappa shape index (κ2) is 50.6. The number of rotatable bonds is 20. The minimum Gasteiger partial charge on any atom is -0.496 e. The van der Waals surface area contributed by atoms with Gasteiger partial charge in [0.1, 0.15) is 40.1 Å². The molecule has 0 atom stereocenters. The molecule has 14 aromatic rings. The Balaban J connectivity index is 0.000000235. The van der Waals surface area contributed by atoms with Gasteiger partial charge in [-0.05, 0) is 184 Å². The lowest BCUT2D eigenvalue weighted by molar-refractivity contribution is -0.142. The molecular weight excluding hydrogens is 1860 g/mol. The summed E-state index contributed by atoms with van der Waals surface area (Å²) in [6.45, 7) is 32.6. The van der Waals surface area contributed by atoms with Crippen LogP contribution in [-0.4, -0.2) is 120 Å². The number of aromatic nitrogens is 17. The first-order valence-electron chi connectivity index (χ1n) is 41.5. The van der Waals surface area contributed by atoms with Gasteiger partial charge in [-0.3, -0.25) is 0 Å². The average Bonchev–Trinajstić information content (AvgIpc) is 1.23. The first kappa shape index (κ1) is 111. The molecule has 0 amide bonds. The zero-order valence-corrected chi connectivity index (χ0v) is 80.9. The number of nitrogens with zero attached hydrogens (tertiary/aromatic N) is 17. The molecule has 6 aromatic heterocycles. The SMILES string of the molecule is C.CC(C)c1cc(-n2nccn2)cc(C(F)(F)F)c1.CC(C)c1cc(Cl)c(-n2ccnn2)c(Cl)c1.CC(C)c1ccc(-n2nccn2)c(C(F)(F)F)c1.CC(C)c1ccc(OC(F)F)c(C(F)(F)F)c1.COc1cc(-n2ccnn2)c(Cl)cc1C(C)C.COc1cc(-n2nccn2)c(Cl)cc1C(C)C.COc1cc(OC)c(C(C)C)cc1Cl.Cc1cc(-c2noc(C)n2)cc(C(C)C)c1. The van der Waals surface area contributed by atoms with E-state index in [1.54, 1.807) is 108 Å². The highest BCUT2D eigenvalue weighted by atomic mass is 35.5. The fourth-order valence-corrected chi connectivity index (χ4v) is 13.9. The summed E-state index contributed by atoms with van der Waals surface area (Å²) in [6, 6.07) is 32.7. The van der Waals surface area contributed by atoms with Crippen LogP contribution in [0, 0.1) is 13.8 Å². The molecule has 23 nitrogen and oxygen atoms in total. The number of methoxy groups -OCH3 is 4. The van der Waals surface area contributed by atoms with E-state index in [0.29, 0.717) is 100 Å². The molecule has 39 heteroatoms. The molecule has 722 valence electrons. The van der Waals surface area contributed by atoms with Crippen LogP contribution in [0.5, 0.6) is 28.7 Å². The summed E-state index contributed by atoms with van der Waals surface area (Å²) in [5.41, 5.74) is 9.43. The summed E-state index contributed by atoms with van der Waals surface area (Å²) in [6.07, 6.45) is 1.91. The minimum atomic E-state index is -4.71. The third-order valence-corrected chi connectivity index (χ3v) is 21.1. The van der Waals surface area contributed by atoms with Crippen molar-refractivity contribution in [2.24, 2.45) is 0 Å². The Hall–Kier alpha value is -11.7. The minimum absolute atomic E-state index is 0. The van der Waals surface area contributed by atoms with Crippen LogP contribution in [0.15, 0.2) is 188 Å². The van der Waals surface area contributed by atoms with Crippen molar-refractivity contribution in [1.82, 2.24) is 85.1 Å². The smallest absolute Gasteiger partial charge is 0.419 e. The van der Waals surface area contributed by atoms with Crippen molar-refractivity contribution in [2.45, 2.75) is 205 Å². The lowest BCUT2D eigenvalue weighted by atomic mass is 9.98. The van der Waals surface area contributed by atoms with Crippen LogP contribution in [0.1, 0.15) is 238 Å².